The van der Waals surface area contributed by atoms with E-state index in [4.69, 9.17) is 0 Å². The molecule has 0 fully saturated rings. The fraction of sp³-hybridized carbons (Fsp3) is 0.0526. The molecule has 0 radical (unpaired) electrons. The van der Waals surface area contributed by atoms with E-state index in [-0.39, 0.29) is 11.1 Å². The highest BCUT2D eigenvalue weighted by molar-refractivity contribution is 6.39. The van der Waals surface area contributed by atoms with Crippen molar-refractivity contribution in [1.29, 1.82) is 0 Å². The van der Waals surface area contributed by atoms with E-state index < -0.39 is 11.8 Å². The first-order chi connectivity index (χ1) is 12.5. The summed E-state index contributed by atoms with van der Waals surface area (Å²) < 4.78 is 0. The maximum atomic E-state index is 12.0. The molecule has 3 rings (SSSR count). The molecule has 1 aromatic heterocycles. The fourth-order valence-corrected chi connectivity index (χ4v) is 2.30. The molecule has 2 amide bonds. The molecule has 26 heavy (non-hydrogen) atoms. The highest BCUT2D eigenvalue weighted by atomic mass is 16.2. The van der Waals surface area contributed by atoms with Crippen molar-refractivity contribution in [2.24, 2.45) is 5.10 Å². The van der Waals surface area contributed by atoms with E-state index in [0.29, 0.717) is 11.2 Å². The minimum absolute atomic E-state index is 0.267. The molecule has 0 atom stereocenters. The quantitative estimate of drug-likeness (QED) is 0.383. The van der Waals surface area contributed by atoms with Crippen LogP contribution in [0.3, 0.4) is 0 Å². The van der Waals surface area contributed by atoms with Crippen LogP contribution in [-0.2, 0) is 9.59 Å². The summed E-state index contributed by atoms with van der Waals surface area (Å²) in [7, 11) is 0. The van der Waals surface area contributed by atoms with Crippen molar-refractivity contribution in [1.82, 2.24) is 10.4 Å². The first-order valence-electron chi connectivity index (χ1n) is 7.86. The molecule has 0 unspecified atom stereocenters. The number of benzene rings is 2. The predicted molar refractivity (Wildman–Crippen MR) is 100 cm³/mol. The van der Waals surface area contributed by atoms with Crippen LogP contribution in [0, 0.1) is 6.92 Å². The number of hydrazone groups is 1. The molecule has 0 aliphatic heterocycles. The third-order valence-electron chi connectivity index (χ3n) is 3.67. The van der Waals surface area contributed by atoms with Gasteiger partial charge in [-0.1, -0.05) is 35.9 Å². The summed E-state index contributed by atoms with van der Waals surface area (Å²) >= 11 is 0. The monoisotopic (exact) mass is 348 g/mol. The van der Waals surface area contributed by atoms with E-state index in [1.54, 1.807) is 24.3 Å². The summed E-state index contributed by atoms with van der Waals surface area (Å²) in [5, 5.41) is 6.97. The zero-order valence-electron chi connectivity index (χ0n) is 13.9. The Kier molecular flexibility index (Phi) is 4.89. The number of aryl methyl sites for hydroxylation is 1. The number of hydrogen-bond acceptors (Lipinski definition) is 4. The number of H-pyrrole nitrogens is 1. The van der Waals surface area contributed by atoms with Gasteiger partial charge in [-0.3, -0.25) is 14.4 Å². The third-order valence-corrected chi connectivity index (χ3v) is 3.67. The van der Waals surface area contributed by atoms with Crippen LogP contribution in [0.15, 0.2) is 64.5 Å². The number of fused-ring (bicyclic) bond motifs is 1. The van der Waals surface area contributed by atoms with E-state index in [0.717, 1.165) is 10.9 Å². The number of nitrogens with zero attached hydrogens (tertiary/aromatic N) is 1. The fourth-order valence-electron chi connectivity index (χ4n) is 2.30. The minimum atomic E-state index is -0.931. The molecular formula is C19H16N4O3. The lowest BCUT2D eigenvalue weighted by atomic mass is 10.2. The molecule has 0 spiro atoms. The number of carbonyl (C=O) groups excluding carboxylic acids is 2. The Morgan fingerprint density at radius 3 is 2.54 bits per heavy atom. The molecule has 0 aliphatic carbocycles. The zero-order valence-corrected chi connectivity index (χ0v) is 13.9. The Bertz CT molecular complexity index is 1050. The van der Waals surface area contributed by atoms with Gasteiger partial charge in [-0.2, -0.15) is 5.10 Å². The van der Waals surface area contributed by atoms with E-state index in [2.05, 4.69) is 20.8 Å². The van der Waals surface area contributed by atoms with Gasteiger partial charge in [-0.15, -0.1) is 0 Å². The lowest BCUT2D eigenvalue weighted by Crippen LogP contribution is -2.32. The number of para-hydroxylation sites is 1. The summed E-state index contributed by atoms with van der Waals surface area (Å²) in [4.78, 5) is 38.3. The van der Waals surface area contributed by atoms with Crippen LogP contribution in [0.4, 0.5) is 5.69 Å². The predicted octanol–water partition coefficient (Wildman–Crippen LogP) is 1.93. The van der Waals surface area contributed by atoms with Crippen LogP contribution in [0.2, 0.25) is 0 Å². The molecule has 1 heterocycles. The van der Waals surface area contributed by atoms with Gasteiger partial charge in [0.1, 0.15) is 0 Å². The SMILES string of the molecule is Cc1ccc(NC(=O)C(=O)N/N=C\c2cc3ccccc3[nH]c2=O)cc1. The molecule has 0 bridgehead atoms. The molecule has 2 aromatic carbocycles. The number of nitrogens with one attached hydrogen (secondary N) is 3. The molecule has 3 N–H and O–H groups in total. The van der Waals surface area contributed by atoms with Crippen molar-refractivity contribution in [3.05, 3.63) is 76.1 Å². The lowest BCUT2D eigenvalue weighted by molar-refractivity contribution is -0.136. The second-order valence-electron chi connectivity index (χ2n) is 5.66. The van der Waals surface area contributed by atoms with Gasteiger partial charge in [0.05, 0.1) is 11.8 Å². The molecular weight excluding hydrogens is 332 g/mol. The van der Waals surface area contributed by atoms with Crippen LogP contribution < -0.4 is 16.3 Å². The average molecular weight is 348 g/mol. The van der Waals surface area contributed by atoms with Gasteiger partial charge >= 0.3 is 11.8 Å². The van der Waals surface area contributed by atoms with Crippen molar-refractivity contribution in [2.45, 2.75) is 6.92 Å². The maximum Gasteiger partial charge on any atom is 0.329 e. The second-order valence-corrected chi connectivity index (χ2v) is 5.66. The van der Waals surface area contributed by atoms with Crippen LogP contribution in [-0.4, -0.2) is 23.0 Å². The van der Waals surface area contributed by atoms with Crippen LogP contribution in [0.5, 0.6) is 0 Å². The molecule has 3 aromatic rings. The van der Waals surface area contributed by atoms with Crippen molar-refractivity contribution < 1.29 is 9.59 Å². The lowest BCUT2D eigenvalue weighted by Gasteiger charge is -2.04. The second kappa shape index (κ2) is 7.43. The van der Waals surface area contributed by atoms with Crippen molar-refractivity contribution in [2.75, 3.05) is 5.32 Å². The normalized spacial score (nSPS) is 10.8. The average Bonchev–Trinajstić information content (AvgIpc) is 2.63. The molecule has 7 nitrogen and oxygen atoms in total. The Morgan fingerprint density at radius 1 is 1.04 bits per heavy atom. The van der Waals surface area contributed by atoms with Crippen LogP contribution in [0.1, 0.15) is 11.1 Å². The third kappa shape index (κ3) is 4.02. The summed E-state index contributed by atoms with van der Waals surface area (Å²) in [6, 6.07) is 16.0. The Hall–Kier alpha value is -3.74. The number of hydrogen-bond donors (Lipinski definition) is 3. The van der Waals surface area contributed by atoms with Crippen LogP contribution >= 0.6 is 0 Å². The molecule has 0 saturated carbocycles. The van der Waals surface area contributed by atoms with E-state index in [1.165, 1.54) is 6.21 Å². The topological polar surface area (TPSA) is 103 Å². The smallest absolute Gasteiger partial charge is 0.321 e. The van der Waals surface area contributed by atoms with Gasteiger partial charge in [0.15, 0.2) is 0 Å². The number of carbonyl (C=O) groups is 2. The molecule has 0 saturated heterocycles. The highest BCUT2D eigenvalue weighted by Gasteiger charge is 2.12. The number of aromatic nitrogens is 1. The van der Waals surface area contributed by atoms with Gasteiger partial charge in [0.2, 0.25) is 0 Å². The zero-order chi connectivity index (χ0) is 18.5. The first-order valence-corrected chi connectivity index (χ1v) is 7.86. The van der Waals surface area contributed by atoms with E-state index in [1.807, 2.05) is 37.3 Å². The number of aromatic amines is 1. The number of amides is 2. The number of rotatable bonds is 3. The van der Waals surface area contributed by atoms with Gasteiger partial charge < -0.3 is 10.3 Å². The van der Waals surface area contributed by atoms with Gasteiger partial charge in [-0.05, 0) is 36.6 Å². The van der Waals surface area contributed by atoms with Crippen molar-refractivity contribution in [3.8, 4) is 0 Å². The Balaban J connectivity index is 1.65. The number of pyridine rings is 1. The summed E-state index contributed by atoms with van der Waals surface area (Å²) in [6.07, 6.45) is 1.20. The Morgan fingerprint density at radius 2 is 1.77 bits per heavy atom. The summed E-state index contributed by atoms with van der Waals surface area (Å²) in [5.41, 5.74) is 4.28. The van der Waals surface area contributed by atoms with Crippen molar-refractivity contribution >= 4 is 34.6 Å². The highest BCUT2D eigenvalue weighted by Crippen LogP contribution is 2.09. The van der Waals surface area contributed by atoms with Crippen molar-refractivity contribution in [3.63, 3.8) is 0 Å². The van der Waals surface area contributed by atoms with E-state index >= 15 is 0 Å². The molecule has 130 valence electrons. The van der Waals surface area contributed by atoms with Gasteiger partial charge in [-0.25, -0.2) is 5.43 Å². The van der Waals surface area contributed by atoms with Gasteiger partial charge in [0, 0.05) is 11.2 Å². The van der Waals surface area contributed by atoms with Gasteiger partial charge in [0.25, 0.3) is 5.56 Å². The molecule has 0 aliphatic rings. The molecule has 7 heteroatoms. The number of anilines is 1. The largest absolute Gasteiger partial charge is 0.329 e. The summed E-state index contributed by atoms with van der Waals surface area (Å²) in [6.45, 7) is 1.92. The maximum absolute atomic E-state index is 12.0. The first kappa shape index (κ1) is 17.1. The van der Waals surface area contributed by atoms with E-state index in [9.17, 15) is 14.4 Å². The minimum Gasteiger partial charge on any atom is -0.321 e. The standard InChI is InChI=1S/C19H16N4O3/c1-12-6-8-15(9-7-12)21-18(25)19(26)23-20-11-14-10-13-4-2-3-5-16(13)22-17(14)24/h2-11H,1H3,(H,21,25)(H,22,24)(H,23,26)/b20-11-. The van der Waals surface area contributed by atoms with Crippen LogP contribution in [0.25, 0.3) is 10.9 Å². The summed E-state index contributed by atoms with van der Waals surface area (Å²) in [5.74, 6) is -1.78. The Labute approximate surface area is 148 Å².